The predicted octanol–water partition coefficient (Wildman–Crippen LogP) is 2.29. The summed E-state index contributed by atoms with van der Waals surface area (Å²) < 4.78 is 5.50. The quantitative estimate of drug-likeness (QED) is 0.639. The lowest BCUT2D eigenvalue weighted by Crippen LogP contribution is -2.56. The van der Waals surface area contributed by atoms with E-state index in [1.165, 1.54) is 38.6 Å². The Labute approximate surface area is 87.6 Å². The van der Waals surface area contributed by atoms with Gasteiger partial charge in [-0.05, 0) is 58.5 Å². The van der Waals surface area contributed by atoms with Gasteiger partial charge in [0, 0.05) is 12.6 Å². The molecule has 1 saturated heterocycles. The van der Waals surface area contributed by atoms with Crippen LogP contribution in [0.25, 0.3) is 0 Å². The largest absolute Gasteiger partial charge is 0.381 e. The highest BCUT2D eigenvalue weighted by atomic mass is 16.5. The van der Waals surface area contributed by atoms with Crippen LogP contribution in [-0.4, -0.2) is 37.2 Å². The zero-order valence-corrected chi connectivity index (χ0v) is 9.75. The molecule has 1 heterocycles. The van der Waals surface area contributed by atoms with Gasteiger partial charge >= 0.3 is 0 Å². The first kappa shape index (κ1) is 10.4. The van der Waals surface area contributed by atoms with Crippen LogP contribution >= 0.6 is 0 Å². The van der Waals surface area contributed by atoms with E-state index in [9.17, 15) is 0 Å². The molecule has 3 atom stereocenters. The molecule has 1 aliphatic heterocycles. The second kappa shape index (κ2) is 3.82. The normalized spacial score (nSPS) is 44.8. The number of ether oxygens (including phenoxy) is 1. The van der Waals surface area contributed by atoms with E-state index in [-0.39, 0.29) is 0 Å². The lowest BCUT2D eigenvalue weighted by Gasteiger charge is -2.52. The zero-order chi connectivity index (χ0) is 10.2. The SMILES string of the molecule is COC1CCC2(C)[C@@H](CCCN2C)C1. The van der Waals surface area contributed by atoms with Gasteiger partial charge in [-0.3, -0.25) is 0 Å². The Hall–Kier alpha value is -0.0800. The fourth-order valence-corrected chi connectivity index (χ4v) is 3.32. The predicted molar refractivity (Wildman–Crippen MR) is 58.4 cm³/mol. The summed E-state index contributed by atoms with van der Waals surface area (Å²) in [5.41, 5.74) is 0.466. The van der Waals surface area contributed by atoms with Crippen molar-refractivity contribution in [2.24, 2.45) is 5.92 Å². The third-order valence-corrected chi connectivity index (χ3v) is 4.65. The van der Waals surface area contributed by atoms with E-state index in [4.69, 9.17) is 4.74 Å². The summed E-state index contributed by atoms with van der Waals surface area (Å²) in [4.78, 5) is 2.58. The molecule has 2 rings (SSSR count). The molecule has 0 aromatic carbocycles. The van der Waals surface area contributed by atoms with E-state index >= 15 is 0 Å². The van der Waals surface area contributed by atoms with Gasteiger partial charge in [0.1, 0.15) is 0 Å². The van der Waals surface area contributed by atoms with E-state index in [0.717, 1.165) is 5.92 Å². The molecule has 82 valence electrons. The molecule has 2 heteroatoms. The van der Waals surface area contributed by atoms with Gasteiger partial charge in [0.25, 0.3) is 0 Å². The van der Waals surface area contributed by atoms with Crippen LogP contribution < -0.4 is 0 Å². The minimum atomic E-state index is 0.466. The molecule has 2 unspecified atom stereocenters. The Bertz CT molecular complexity index is 206. The van der Waals surface area contributed by atoms with Crippen molar-refractivity contribution >= 4 is 0 Å². The molecule has 0 amide bonds. The summed E-state index contributed by atoms with van der Waals surface area (Å²) in [7, 11) is 4.15. The van der Waals surface area contributed by atoms with Gasteiger partial charge in [0.2, 0.25) is 0 Å². The van der Waals surface area contributed by atoms with Gasteiger partial charge in [-0.1, -0.05) is 0 Å². The van der Waals surface area contributed by atoms with Crippen LogP contribution in [0.15, 0.2) is 0 Å². The van der Waals surface area contributed by atoms with Crippen LogP contribution in [0, 0.1) is 5.92 Å². The van der Waals surface area contributed by atoms with E-state index in [1.54, 1.807) is 0 Å². The van der Waals surface area contributed by atoms with Crippen molar-refractivity contribution in [1.29, 1.82) is 0 Å². The van der Waals surface area contributed by atoms with Crippen molar-refractivity contribution in [3.8, 4) is 0 Å². The standard InChI is InChI=1S/C12H23NO/c1-12-7-6-11(14-3)9-10(12)5-4-8-13(12)2/h10-11H,4-9H2,1-3H3/t10-,11?,12?/m0/s1. The van der Waals surface area contributed by atoms with Crippen molar-refractivity contribution in [2.75, 3.05) is 20.7 Å². The van der Waals surface area contributed by atoms with Gasteiger partial charge in [-0.2, -0.15) is 0 Å². The molecule has 2 aliphatic rings. The molecule has 0 spiro atoms. The molecule has 1 saturated carbocycles. The molecule has 14 heavy (non-hydrogen) atoms. The highest BCUT2D eigenvalue weighted by molar-refractivity contribution is 4.99. The summed E-state index contributed by atoms with van der Waals surface area (Å²) >= 11 is 0. The first-order valence-electron chi connectivity index (χ1n) is 5.91. The summed E-state index contributed by atoms with van der Waals surface area (Å²) in [6.07, 6.45) is 7.13. The van der Waals surface area contributed by atoms with Crippen LogP contribution in [0.3, 0.4) is 0 Å². The van der Waals surface area contributed by atoms with Crippen molar-refractivity contribution < 1.29 is 4.74 Å². The molecule has 2 nitrogen and oxygen atoms in total. The molecule has 0 aromatic heterocycles. The molecule has 2 fully saturated rings. The maximum absolute atomic E-state index is 5.50. The van der Waals surface area contributed by atoms with E-state index < -0.39 is 0 Å². The first-order valence-corrected chi connectivity index (χ1v) is 5.91. The molecule has 0 aromatic rings. The van der Waals surface area contributed by atoms with Crippen molar-refractivity contribution in [1.82, 2.24) is 4.90 Å². The average molecular weight is 197 g/mol. The Morgan fingerprint density at radius 3 is 2.86 bits per heavy atom. The monoisotopic (exact) mass is 197 g/mol. The molecule has 1 aliphatic carbocycles. The smallest absolute Gasteiger partial charge is 0.0575 e. The molecular weight excluding hydrogens is 174 g/mol. The molecule has 0 N–H and O–H groups in total. The van der Waals surface area contributed by atoms with Crippen LogP contribution in [-0.2, 0) is 4.74 Å². The fourth-order valence-electron chi connectivity index (χ4n) is 3.32. The number of rotatable bonds is 1. The van der Waals surface area contributed by atoms with Crippen LogP contribution in [0.4, 0.5) is 0 Å². The third-order valence-electron chi connectivity index (χ3n) is 4.65. The Kier molecular flexibility index (Phi) is 2.85. The highest BCUT2D eigenvalue weighted by Crippen LogP contribution is 2.43. The number of piperidine rings is 1. The maximum atomic E-state index is 5.50. The lowest BCUT2D eigenvalue weighted by molar-refractivity contribution is -0.0561. The lowest BCUT2D eigenvalue weighted by atomic mass is 9.68. The zero-order valence-electron chi connectivity index (χ0n) is 9.75. The van der Waals surface area contributed by atoms with Crippen molar-refractivity contribution in [2.45, 2.75) is 50.7 Å². The number of hydrogen-bond donors (Lipinski definition) is 0. The van der Waals surface area contributed by atoms with E-state index in [1.807, 2.05) is 7.11 Å². The van der Waals surface area contributed by atoms with Crippen molar-refractivity contribution in [3.63, 3.8) is 0 Å². The number of fused-ring (bicyclic) bond motifs is 1. The highest BCUT2D eigenvalue weighted by Gasteiger charge is 2.44. The second-order valence-corrected chi connectivity index (χ2v) is 5.25. The minimum absolute atomic E-state index is 0.466. The van der Waals surface area contributed by atoms with Gasteiger partial charge < -0.3 is 9.64 Å². The molecule has 0 radical (unpaired) electrons. The maximum Gasteiger partial charge on any atom is 0.0575 e. The van der Waals surface area contributed by atoms with Crippen molar-refractivity contribution in [3.05, 3.63) is 0 Å². The van der Waals surface area contributed by atoms with Crippen LogP contribution in [0.2, 0.25) is 0 Å². The minimum Gasteiger partial charge on any atom is -0.381 e. The van der Waals surface area contributed by atoms with E-state index in [0.29, 0.717) is 11.6 Å². The number of hydrogen-bond acceptors (Lipinski definition) is 2. The average Bonchev–Trinajstić information content (AvgIpc) is 2.19. The second-order valence-electron chi connectivity index (χ2n) is 5.25. The van der Waals surface area contributed by atoms with Crippen LogP contribution in [0.1, 0.15) is 39.0 Å². The first-order chi connectivity index (χ1) is 6.66. The Morgan fingerprint density at radius 2 is 2.14 bits per heavy atom. The molecular formula is C12H23NO. The Morgan fingerprint density at radius 1 is 1.36 bits per heavy atom. The fraction of sp³-hybridized carbons (Fsp3) is 1.00. The number of nitrogens with zero attached hydrogens (tertiary/aromatic N) is 1. The Balaban J connectivity index is 2.08. The topological polar surface area (TPSA) is 12.5 Å². The van der Waals surface area contributed by atoms with Gasteiger partial charge in [0.05, 0.1) is 6.10 Å². The third kappa shape index (κ3) is 1.59. The van der Waals surface area contributed by atoms with E-state index in [2.05, 4.69) is 18.9 Å². The summed E-state index contributed by atoms with van der Waals surface area (Å²) in [6.45, 7) is 3.73. The number of likely N-dealkylation sites (tertiary alicyclic amines) is 1. The summed E-state index contributed by atoms with van der Waals surface area (Å²) in [6, 6.07) is 0. The van der Waals surface area contributed by atoms with Crippen LogP contribution in [0.5, 0.6) is 0 Å². The summed E-state index contributed by atoms with van der Waals surface area (Å²) in [5, 5.41) is 0. The molecule has 0 bridgehead atoms. The van der Waals surface area contributed by atoms with Gasteiger partial charge in [-0.25, -0.2) is 0 Å². The van der Waals surface area contributed by atoms with Gasteiger partial charge in [-0.15, -0.1) is 0 Å². The number of methoxy groups -OCH3 is 1. The summed E-state index contributed by atoms with van der Waals surface area (Å²) in [5.74, 6) is 0.861. The van der Waals surface area contributed by atoms with Gasteiger partial charge in [0.15, 0.2) is 0 Å².